The lowest BCUT2D eigenvalue weighted by Crippen LogP contribution is -2.04. The van der Waals surface area contributed by atoms with Gasteiger partial charge >= 0.3 is 0 Å². The zero-order chi connectivity index (χ0) is 15.1. The Morgan fingerprint density at radius 1 is 1.19 bits per heavy atom. The van der Waals surface area contributed by atoms with E-state index in [4.69, 9.17) is 9.15 Å². The van der Waals surface area contributed by atoms with Gasteiger partial charge in [0.2, 0.25) is 0 Å². The van der Waals surface area contributed by atoms with Gasteiger partial charge in [-0.05, 0) is 56.1 Å². The van der Waals surface area contributed by atoms with Crippen LogP contribution in [0.1, 0.15) is 42.4 Å². The van der Waals surface area contributed by atoms with Gasteiger partial charge in [-0.2, -0.15) is 0 Å². The molecule has 0 saturated heterocycles. The molecule has 0 aliphatic rings. The van der Waals surface area contributed by atoms with Crippen molar-refractivity contribution in [2.45, 2.75) is 46.3 Å². The van der Waals surface area contributed by atoms with Crippen molar-refractivity contribution in [3.8, 4) is 5.75 Å². The van der Waals surface area contributed by atoms with Gasteiger partial charge < -0.3 is 14.5 Å². The standard InChI is InChI=1S/C18H25NO2/c1-4-5-6-15-7-9-16(10-8-15)20-13-17-11-14(2)18(21-17)12-19-3/h7-11,19H,4-6,12-13H2,1-3H3. The van der Waals surface area contributed by atoms with E-state index in [1.807, 2.05) is 25.2 Å². The number of unbranched alkanes of at least 4 members (excludes halogenated alkanes) is 1. The van der Waals surface area contributed by atoms with E-state index >= 15 is 0 Å². The van der Waals surface area contributed by atoms with Gasteiger partial charge in [-0.1, -0.05) is 25.5 Å². The molecule has 0 saturated carbocycles. The van der Waals surface area contributed by atoms with Gasteiger partial charge in [-0.3, -0.25) is 0 Å². The summed E-state index contributed by atoms with van der Waals surface area (Å²) in [6.45, 7) is 5.49. The van der Waals surface area contributed by atoms with Crippen LogP contribution in [0, 0.1) is 6.92 Å². The second-order valence-corrected chi connectivity index (χ2v) is 5.39. The van der Waals surface area contributed by atoms with E-state index in [1.165, 1.54) is 18.4 Å². The Balaban J connectivity index is 1.89. The molecule has 0 radical (unpaired) electrons. The Morgan fingerprint density at radius 2 is 1.95 bits per heavy atom. The van der Waals surface area contributed by atoms with Crippen LogP contribution in [0.3, 0.4) is 0 Å². The number of ether oxygens (including phenoxy) is 1. The first kappa shape index (κ1) is 15.6. The lowest BCUT2D eigenvalue weighted by atomic mass is 10.1. The third kappa shape index (κ3) is 4.64. The number of aryl methyl sites for hydroxylation is 2. The van der Waals surface area contributed by atoms with Crippen molar-refractivity contribution in [2.24, 2.45) is 0 Å². The summed E-state index contributed by atoms with van der Waals surface area (Å²) in [6.07, 6.45) is 3.60. The largest absolute Gasteiger partial charge is 0.486 e. The fraction of sp³-hybridized carbons (Fsp3) is 0.444. The number of benzene rings is 1. The molecule has 0 unspecified atom stereocenters. The first-order chi connectivity index (χ1) is 10.2. The normalized spacial score (nSPS) is 10.8. The van der Waals surface area contributed by atoms with Crippen LogP contribution < -0.4 is 10.1 Å². The van der Waals surface area contributed by atoms with Crippen LogP contribution in [0.25, 0.3) is 0 Å². The molecule has 0 aliphatic carbocycles. The van der Waals surface area contributed by atoms with E-state index in [9.17, 15) is 0 Å². The Labute approximate surface area is 127 Å². The number of hydrogen-bond donors (Lipinski definition) is 1. The summed E-state index contributed by atoms with van der Waals surface area (Å²) in [5, 5.41) is 3.10. The molecule has 3 nitrogen and oxygen atoms in total. The Bertz CT molecular complexity index is 543. The van der Waals surface area contributed by atoms with Crippen molar-refractivity contribution in [1.82, 2.24) is 5.32 Å². The second-order valence-electron chi connectivity index (χ2n) is 5.39. The number of nitrogens with one attached hydrogen (secondary N) is 1. The third-order valence-corrected chi connectivity index (χ3v) is 3.53. The molecule has 1 N–H and O–H groups in total. The summed E-state index contributed by atoms with van der Waals surface area (Å²) in [5.41, 5.74) is 2.53. The van der Waals surface area contributed by atoms with Crippen molar-refractivity contribution in [3.63, 3.8) is 0 Å². The van der Waals surface area contributed by atoms with E-state index < -0.39 is 0 Å². The fourth-order valence-corrected chi connectivity index (χ4v) is 2.29. The first-order valence-electron chi connectivity index (χ1n) is 7.67. The molecule has 21 heavy (non-hydrogen) atoms. The summed E-state index contributed by atoms with van der Waals surface area (Å²) < 4.78 is 11.5. The van der Waals surface area contributed by atoms with Crippen molar-refractivity contribution in [2.75, 3.05) is 7.05 Å². The summed E-state index contributed by atoms with van der Waals surface area (Å²) in [7, 11) is 1.91. The van der Waals surface area contributed by atoms with Crippen molar-refractivity contribution < 1.29 is 9.15 Å². The monoisotopic (exact) mass is 287 g/mol. The zero-order valence-corrected chi connectivity index (χ0v) is 13.2. The van der Waals surface area contributed by atoms with Gasteiger partial charge in [0.05, 0.1) is 6.54 Å². The molecule has 0 bridgehead atoms. The van der Waals surface area contributed by atoms with Gasteiger partial charge in [0.25, 0.3) is 0 Å². The number of furan rings is 1. The quantitative estimate of drug-likeness (QED) is 0.789. The molecule has 2 aromatic rings. The topological polar surface area (TPSA) is 34.4 Å². The third-order valence-electron chi connectivity index (χ3n) is 3.53. The Morgan fingerprint density at radius 3 is 2.62 bits per heavy atom. The van der Waals surface area contributed by atoms with Crippen molar-refractivity contribution >= 4 is 0 Å². The summed E-state index contributed by atoms with van der Waals surface area (Å²) >= 11 is 0. The average molecular weight is 287 g/mol. The molecule has 0 amide bonds. The maximum absolute atomic E-state index is 5.78. The minimum Gasteiger partial charge on any atom is -0.486 e. The smallest absolute Gasteiger partial charge is 0.146 e. The summed E-state index contributed by atoms with van der Waals surface area (Å²) in [6, 6.07) is 10.4. The molecule has 1 aromatic carbocycles. The molecule has 1 heterocycles. The molecular weight excluding hydrogens is 262 g/mol. The molecule has 0 atom stereocenters. The molecule has 0 aliphatic heterocycles. The van der Waals surface area contributed by atoms with Crippen LogP contribution in [0.2, 0.25) is 0 Å². The highest BCUT2D eigenvalue weighted by molar-refractivity contribution is 5.28. The van der Waals surface area contributed by atoms with E-state index in [2.05, 4.69) is 31.3 Å². The number of hydrogen-bond acceptors (Lipinski definition) is 3. The number of rotatable bonds is 8. The molecule has 0 fully saturated rings. The Kier molecular flexibility index (Phi) is 5.88. The molecule has 3 heteroatoms. The minimum atomic E-state index is 0.471. The van der Waals surface area contributed by atoms with Gasteiger partial charge in [0.1, 0.15) is 23.9 Å². The van der Waals surface area contributed by atoms with E-state index in [0.29, 0.717) is 6.61 Å². The maximum atomic E-state index is 5.78. The predicted octanol–water partition coefficient (Wildman–Crippen LogP) is 4.23. The lowest BCUT2D eigenvalue weighted by Gasteiger charge is -2.05. The highest BCUT2D eigenvalue weighted by Crippen LogP contribution is 2.18. The fourth-order valence-electron chi connectivity index (χ4n) is 2.29. The molecule has 2 rings (SSSR count). The highest BCUT2D eigenvalue weighted by atomic mass is 16.5. The van der Waals surface area contributed by atoms with Crippen LogP contribution >= 0.6 is 0 Å². The van der Waals surface area contributed by atoms with E-state index in [1.54, 1.807) is 0 Å². The Hall–Kier alpha value is -1.74. The predicted molar refractivity (Wildman–Crippen MR) is 85.6 cm³/mol. The molecule has 114 valence electrons. The van der Waals surface area contributed by atoms with E-state index in [0.717, 1.165) is 35.8 Å². The highest BCUT2D eigenvalue weighted by Gasteiger charge is 2.07. The maximum Gasteiger partial charge on any atom is 0.146 e. The SMILES string of the molecule is CCCCc1ccc(OCc2cc(C)c(CNC)o2)cc1. The van der Waals surface area contributed by atoms with Crippen LogP contribution in [-0.2, 0) is 19.6 Å². The lowest BCUT2D eigenvalue weighted by molar-refractivity contribution is 0.265. The van der Waals surface area contributed by atoms with Crippen LogP contribution in [0.15, 0.2) is 34.7 Å². The molecule has 1 aromatic heterocycles. The summed E-state index contributed by atoms with van der Waals surface area (Å²) in [4.78, 5) is 0. The zero-order valence-electron chi connectivity index (χ0n) is 13.2. The summed E-state index contributed by atoms with van der Waals surface area (Å²) in [5.74, 6) is 2.73. The molecular formula is C18H25NO2. The molecule has 0 spiro atoms. The van der Waals surface area contributed by atoms with Crippen molar-refractivity contribution in [3.05, 3.63) is 53.0 Å². The van der Waals surface area contributed by atoms with Crippen LogP contribution in [0.5, 0.6) is 5.75 Å². The van der Waals surface area contributed by atoms with E-state index in [-0.39, 0.29) is 0 Å². The van der Waals surface area contributed by atoms with Crippen LogP contribution in [-0.4, -0.2) is 7.05 Å². The van der Waals surface area contributed by atoms with Gasteiger partial charge in [-0.25, -0.2) is 0 Å². The van der Waals surface area contributed by atoms with Gasteiger partial charge in [0, 0.05) is 0 Å². The second kappa shape index (κ2) is 7.89. The minimum absolute atomic E-state index is 0.471. The first-order valence-corrected chi connectivity index (χ1v) is 7.67. The van der Waals surface area contributed by atoms with Gasteiger partial charge in [0.15, 0.2) is 0 Å². The van der Waals surface area contributed by atoms with Crippen molar-refractivity contribution in [1.29, 1.82) is 0 Å². The van der Waals surface area contributed by atoms with Crippen LogP contribution in [0.4, 0.5) is 0 Å². The average Bonchev–Trinajstić information content (AvgIpc) is 2.85. The van der Waals surface area contributed by atoms with Gasteiger partial charge in [-0.15, -0.1) is 0 Å².